The maximum absolute atomic E-state index is 10.9. The maximum atomic E-state index is 10.9. The summed E-state index contributed by atoms with van der Waals surface area (Å²) in [6.45, 7) is 2.09. The molecule has 1 aliphatic rings. The molecule has 1 saturated carbocycles. The highest BCUT2D eigenvalue weighted by atomic mass is 32.2. The molecule has 5 heteroatoms. The molecule has 2 N–H and O–H groups in total. The highest BCUT2D eigenvalue weighted by molar-refractivity contribution is 7.83. The van der Waals surface area contributed by atoms with Crippen LogP contribution in [0.4, 0.5) is 0 Å². The molecule has 90 valence electrons. The molecule has 1 rings (SSSR count). The molecule has 0 spiro atoms. The van der Waals surface area contributed by atoms with Gasteiger partial charge in [0.25, 0.3) is 0 Å². The lowest BCUT2D eigenvalue weighted by atomic mass is 9.79. The molecule has 4 nitrogen and oxygen atoms in total. The molecule has 0 aromatic rings. The van der Waals surface area contributed by atoms with Crippen LogP contribution >= 0.6 is 0 Å². The lowest BCUT2D eigenvalue weighted by Gasteiger charge is -2.36. The molecule has 0 saturated heterocycles. The van der Waals surface area contributed by atoms with Crippen LogP contribution in [-0.4, -0.2) is 18.5 Å². The van der Waals surface area contributed by atoms with E-state index in [4.69, 9.17) is 4.55 Å². The Morgan fingerprint density at radius 3 is 2.33 bits per heavy atom. The summed E-state index contributed by atoms with van der Waals surface area (Å²) >= 11 is 0. The van der Waals surface area contributed by atoms with Crippen molar-refractivity contribution in [3.63, 3.8) is 0 Å². The van der Waals surface area contributed by atoms with E-state index in [1.165, 1.54) is 6.42 Å². The van der Waals surface area contributed by atoms with E-state index in [9.17, 15) is 8.42 Å². The maximum Gasteiger partial charge on any atom is 0.333 e. The first kappa shape index (κ1) is 12.9. The Kier molecular flexibility index (Phi) is 4.55. The van der Waals surface area contributed by atoms with E-state index in [-0.39, 0.29) is 5.54 Å². The lowest BCUT2D eigenvalue weighted by molar-refractivity contribution is 0.239. The molecule has 0 heterocycles. The number of hydrogen-bond acceptors (Lipinski definition) is 2. The molecular formula is C10H21NO3S. The molecule has 0 radical (unpaired) electrons. The van der Waals surface area contributed by atoms with E-state index in [0.717, 1.165) is 44.9 Å². The van der Waals surface area contributed by atoms with Gasteiger partial charge in [-0.25, -0.2) is 0 Å². The van der Waals surface area contributed by atoms with E-state index in [1.807, 2.05) is 0 Å². The van der Waals surface area contributed by atoms with Gasteiger partial charge < -0.3 is 0 Å². The third-order valence-electron chi connectivity index (χ3n) is 3.17. The van der Waals surface area contributed by atoms with Crippen molar-refractivity contribution >= 4 is 10.3 Å². The van der Waals surface area contributed by atoms with Crippen LogP contribution in [0.15, 0.2) is 0 Å². The summed E-state index contributed by atoms with van der Waals surface area (Å²) in [7, 11) is -4.06. The average Bonchev–Trinajstić information content (AvgIpc) is 2.14. The van der Waals surface area contributed by atoms with Crippen molar-refractivity contribution in [2.45, 2.75) is 63.8 Å². The van der Waals surface area contributed by atoms with Crippen LogP contribution in [0.5, 0.6) is 0 Å². The Balaban J connectivity index is 2.66. The lowest BCUT2D eigenvalue weighted by Crippen LogP contribution is -2.49. The Labute approximate surface area is 92.3 Å². The van der Waals surface area contributed by atoms with Gasteiger partial charge in [0.1, 0.15) is 0 Å². The van der Waals surface area contributed by atoms with Gasteiger partial charge in [0.05, 0.1) is 0 Å². The van der Waals surface area contributed by atoms with Crippen molar-refractivity contribution < 1.29 is 13.0 Å². The molecule has 0 aromatic carbocycles. The van der Waals surface area contributed by atoms with Gasteiger partial charge in [0, 0.05) is 5.54 Å². The fraction of sp³-hybridized carbons (Fsp3) is 1.00. The molecule has 1 aliphatic carbocycles. The second kappa shape index (κ2) is 5.27. The minimum Gasteiger partial charge on any atom is -0.273 e. The summed E-state index contributed by atoms with van der Waals surface area (Å²) in [5.41, 5.74) is -0.373. The monoisotopic (exact) mass is 235 g/mol. The zero-order valence-electron chi connectivity index (χ0n) is 9.33. The summed E-state index contributed by atoms with van der Waals surface area (Å²) in [6, 6.07) is 0. The van der Waals surface area contributed by atoms with E-state index >= 15 is 0 Å². The van der Waals surface area contributed by atoms with Gasteiger partial charge in [-0.3, -0.25) is 4.55 Å². The van der Waals surface area contributed by atoms with Gasteiger partial charge in [-0.15, -0.1) is 0 Å². The highest BCUT2D eigenvalue weighted by Gasteiger charge is 2.34. The first-order valence-electron chi connectivity index (χ1n) is 5.74. The third-order valence-corrected chi connectivity index (χ3v) is 3.86. The van der Waals surface area contributed by atoms with Crippen molar-refractivity contribution in [3.05, 3.63) is 0 Å². The minimum atomic E-state index is -4.06. The smallest absolute Gasteiger partial charge is 0.273 e. The van der Waals surface area contributed by atoms with Gasteiger partial charge in [-0.05, 0) is 19.3 Å². The SMILES string of the molecule is CCCCC1(NS(=O)(=O)O)CCCCC1. The molecule has 15 heavy (non-hydrogen) atoms. The Morgan fingerprint density at radius 1 is 1.27 bits per heavy atom. The number of unbranched alkanes of at least 4 members (excludes halogenated alkanes) is 1. The summed E-state index contributed by atoms with van der Waals surface area (Å²) in [4.78, 5) is 0. The normalized spacial score (nSPS) is 21.5. The summed E-state index contributed by atoms with van der Waals surface area (Å²) in [5.74, 6) is 0. The molecule has 0 aromatic heterocycles. The van der Waals surface area contributed by atoms with Gasteiger partial charge in [0.2, 0.25) is 0 Å². The Bertz CT molecular complexity index is 281. The summed E-state index contributed by atoms with van der Waals surface area (Å²) in [5, 5.41) is 0. The highest BCUT2D eigenvalue weighted by Crippen LogP contribution is 2.32. The van der Waals surface area contributed by atoms with Gasteiger partial charge in [0.15, 0.2) is 0 Å². The molecule has 0 unspecified atom stereocenters. The quantitative estimate of drug-likeness (QED) is 0.718. The molecule has 0 atom stereocenters. The number of hydrogen-bond donors (Lipinski definition) is 2. The van der Waals surface area contributed by atoms with Crippen molar-refractivity contribution in [3.8, 4) is 0 Å². The van der Waals surface area contributed by atoms with E-state index < -0.39 is 10.3 Å². The van der Waals surface area contributed by atoms with Crippen LogP contribution in [-0.2, 0) is 10.3 Å². The van der Waals surface area contributed by atoms with Gasteiger partial charge >= 0.3 is 10.3 Å². The second-order valence-corrected chi connectivity index (χ2v) is 5.68. The number of rotatable bonds is 5. The van der Waals surface area contributed by atoms with Crippen LogP contribution in [0.1, 0.15) is 58.3 Å². The predicted octanol–water partition coefficient (Wildman–Crippen LogP) is 2.27. The molecule has 0 aliphatic heterocycles. The van der Waals surface area contributed by atoms with Crippen molar-refractivity contribution in [1.29, 1.82) is 0 Å². The fourth-order valence-corrected chi connectivity index (χ4v) is 3.27. The van der Waals surface area contributed by atoms with Crippen molar-refractivity contribution in [2.24, 2.45) is 0 Å². The Hall–Kier alpha value is -0.130. The van der Waals surface area contributed by atoms with Crippen molar-refractivity contribution in [1.82, 2.24) is 4.72 Å². The van der Waals surface area contributed by atoms with Crippen LogP contribution in [0.3, 0.4) is 0 Å². The molecule has 0 amide bonds. The predicted molar refractivity (Wildman–Crippen MR) is 60.0 cm³/mol. The average molecular weight is 235 g/mol. The van der Waals surface area contributed by atoms with Crippen LogP contribution in [0.2, 0.25) is 0 Å². The third kappa shape index (κ3) is 4.49. The number of nitrogens with one attached hydrogen (secondary N) is 1. The minimum absolute atomic E-state index is 0.373. The molecule has 0 bridgehead atoms. The topological polar surface area (TPSA) is 66.4 Å². The summed E-state index contributed by atoms with van der Waals surface area (Å²) in [6.07, 6.45) is 7.86. The van der Waals surface area contributed by atoms with Crippen LogP contribution in [0.25, 0.3) is 0 Å². The molecular weight excluding hydrogens is 214 g/mol. The zero-order chi connectivity index (χ0) is 11.4. The standard InChI is InChI=1S/C10H21NO3S/c1-2-3-7-10(11-15(12,13)14)8-5-4-6-9-10/h11H,2-9H2,1H3,(H,12,13,14). The van der Waals surface area contributed by atoms with Crippen molar-refractivity contribution in [2.75, 3.05) is 0 Å². The largest absolute Gasteiger partial charge is 0.333 e. The fourth-order valence-electron chi connectivity index (χ4n) is 2.42. The van der Waals surface area contributed by atoms with E-state index in [2.05, 4.69) is 11.6 Å². The molecule has 1 fully saturated rings. The van der Waals surface area contributed by atoms with Crippen LogP contribution < -0.4 is 4.72 Å². The first-order valence-corrected chi connectivity index (χ1v) is 7.18. The second-order valence-electron chi connectivity index (χ2n) is 4.52. The first-order chi connectivity index (χ1) is 6.97. The zero-order valence-corrected chi connectivity index (χ0v) is 10.1. The van der Waals surface area contributed by atoms with Gasteiger partial charge in [-0.2, -0.15) is 13.1 Å². The van der Waals surface area contributed by atoms with E-state index in [1.54, 1.807) is 0 Å². The Morgan fingerprint density at radius 2 is 1.87 bits per heavy atom. The van der Waals surface area contributed by atoms with Crippen LogP contribution in [0, 0.1) is 0 Å². The van der Waals surface area contributed by atoms with Gasteiger partial charge in [-0.1, -0.05) is 39.0 Å². The summed E-state index contributed by atoms with van der Waals surface area (Å²) < 4.78 is 33.2. The van der Waals surface area contributed by atoms with E-state index in [0.29, 0.717) is 0 Å².